The van der Waals surface area contributed by atoms with E-state index in [0.29, 0.717) is 5.41 Å². The summed E-state index contributed by atoms with van der Waals surface area (Å²) < 4.78 is 2.07. The summed E-state index contributed by atoms with van der Waals surface area (Å²) in [6.45, 7) is 5.01. The first kappa shape index (κ1) is 13.7. The monoisotopic (exact) mass is 288 g/mol. The standard InChI is InChI=1S/C17H28N4/c1-2-18-11-16-12-21(20-19-16)4-3-17-8-13-5-14(9-17)7-15(6-13)10-17/h12-15,18H,2-11H2,1H3. The van der Waals surface area contributed by atoms with Crippen LogP contribution in [0.1, 0.15) is 57.6 Å². The Bertz CT molecular complexity index is 457. The molecule has 4 bridgehead atoms. The minimum atomic E-state index is 0.655. The summed E-state index contributed by atoms with van der Waals surface area (Å²) >= 11 is 0. The van der Waals surface area contributed by atoms with Crippen LogP contribution < -0.4 is 5.32 Å². The predicted octanol–water partition coefficient (Wildman–Crippen LogP) is 2.99. The van der Waals surface area contributed by atoms with Gasteiger partial charge in [-0.2, -0.15) is 0 Å². The quantitative estimate of drug-likeness (QED) is 0.875. The van der Waals surface area contributed by atoms with Gasteiger partial charge in [-0.15, -0.1) is 5.10 Å². The fourth-order valence-electron chi connectivity index (χ4n) is 5.73. The molecule has 1 heterocycles. The Balaban J connectivity index is 1.37. The molecule has 21 heavy (non-hydrogen) atoms. The topological polar surface area (TPSA) is 42.7 Å². The molecule has 4 aliphatic carbocycles. The molecule has 0 radical (unpaired) electrons. The Labute approximate surface area is 127 Å². The third kappa shape index (κ3) is 2.75. The van der Waals surface area contributed by atoms with Crippen LogP contribution >= 0.6 is 0 Å². The minimum absolute atomic E-state index is 0.655. The van der Waals surface area contributed by atoms with E-state index in [9.17, 15) is 0 Å². The highest BCUT2D eigenvalue weighted by molar-refractivity contribution is 5.01. The van der Waals surface area contributed by atoms with E-state index in [1.165, 1.54) is 44.9 Å². The fraction of sp³-hybridized carbons (Fsp3) is 0.882. The molecule has 4 heteroatoms. The Morgan fingerprint density at radius 2 is 1.86 bits per heavy atom. The number of nitrogens with one attached hydrogen (secondary N) is 1. The highest BCUT2D eigenvalue weighted by Crippen LogP contribution is 2.61. The lowest BCUT2D eigenvalue weighted by Crippen LogP contribution is -2.46. The lowest BCUT2D eigenvalue weighted by atomic mass is 9.49. The molecular formula is C17H28N4. The normalized spacial score (nSPS) is 37.3. The smallest absolute Gasteiger partial charge is 0.0964 e. The number of rotatable bonds is 6. The van der Waals surface area contributed by atoms with E-state index >= 15 is 0 Å². The van der Waals surface area contributed by atoms with Crippen molar-refractivity contribution >= 4 is 0 Å². The lowest BCUT2D eigenvalue weighted by Gasteiger charge is -2.57. The van der Waals surface area contributed by atoms with E-state index in [1.54, 1.807) is 0 Å². The van der Waals surface area contributed by atoms with Crippen molar-refractivity contribution in [2.24, 2.45) is 23.2 Å². The molecule has 0 aromatic carbocycles. The predicted molar refractivity (Wildman–Crippen MR) is 82.6 cm³/mol. The summed E-state index contributed by atoms with van der Waals surface area (Å²) in [4.78, 5) is 0. The zero-order chi connectivity index (χ0) is 14.3. The number of nitrogens with zero attached hydrogens (tertiary/aromatic N) is 3. The molecular weight excluding hydrogens is 260 g/mol. The summed E-state index contributed by atoms with van der Waals surface area (Å²) in [6, 6.07) is 0. The maximum Gasteiger partial charge on any atom is 0.0964 e. The Morgan fingerprint density at radius 1 is 1.19 bits per heavy atom. The van der Waals surface area contributed by atoms with Crippen LogP contribution in [0.2, 0.25) is 0 Å². The maximum absolute atomic E-state index is 4.31. The summed E-state index contributed by atoms with van der Waals surface area (Å²) in [6.07, 6.45) is 12.6. The van der Waals surface area contributed by atoms with E-state index in [-0.39, 0.29) is 0 Å². The van der Waals surface area contributed by atoms with Gasteiger partial charge in [-0.25, -0.2) is 0 Å². The summed E-state index contributed by atoms with van der Waals surface area (Å²) in [5.41, 5.74) is 1.73. The van der Waals surface area contributed by atoms with E-state index < -0.39 is 0 Å². The third-order valence-electron chi connectivity index (χ3n) is 6.18. The number of aryl methyl sites for hydroxylation is 1. The van der Waals surface area contributed by atoms with Crippen LogP contribution in [0.5, 0.6) is 0 Å². The zero-order valence-electron chi connectivity index (χ0n) is 13.2. The van der Waals surface area contributed by atoms with Gasteiger partial charge in [0.05, 0.1) is 5.69 Å². The largest absolute Gasteiger partial charge is 0.311 e. The van der Waals surface area contributed by atoms with Crippen molar-refractivity contribution in [1.29, 1.82) is 0 Å². The van der Waals surface area contributed by atoms with Crippen LogP contribution in [0.15, 0.2) is 6.20 Å². The highest BCUT2D eigenvalue weighted by atomic mass is 15.4. The summed E-state index contributed by atoms with van der Waals surface area (Å²) in [5, 5.41) is 11.9. The SMILES string of the molecule is CCNCc1cn(CCC23CC4CC(CC(C4)C2)C3)nn1. The molecule has 116 valence electrons. The highest BCUT2D eigenvalue weighted by Gasteiger charge is 2.50. The molecule has 0 saturated heterocycles. The van der Waals surface area contributed by atoms with E-state index in [2.05, 4.69) is 33.4 Å². The molecule has 1 N–H and O–H groups in total. The number of aromatic nitrogens is 3. The van der Waals surface area contributed by atoms with Gasteiger partial charge in [0, 0.05) is 19.3 Å². The minimum Gasteiger partial charge on any atom is -0.311 e. The first-order valence-electron chi connectivity index (χ1n) is 8.84. The van der Waals surface area contributed by atoms with Gasteiger partial charge in [0.15, 0.2) is 0 Å². The van der Waals surface area contributed by atoms with Gasteiger partial charge >= 0.3 is 0 Å². The van der Waals surface area contributed by atoms with Gasteiger partial charge in [-0.3, -0.25) is 4.68 Å². The maximum atomic E-state index is 4.31. The van der Waals surface area contributed by atoms with Crippen molar-refractivity contribution in [2.45, 2.75) is 65.0 Å². The van der Waals surface area contributed by atoms with Gasteiger partial charge in [-0.05, 0) is 74.7 Å². The zero-order valence-corrected chi connectivity index (χ0v) is 13.2. The Hall–Kier alpha value is -0.900. The molecule has 0 atom stereocenters. The molecule has 4 aliphatic rings. The van der Waals surface area contributed by atoms with Crippen molar-refractivity contribution in [1.82, 2.24) is 20.3 Å². The van der Waals surface area contributed by atoms with Gasteiger partial charge < -0.3 is 5.32 Å². The first-order valence-corrected chi connectivity index (χ1v) is 8.84. The molecule has 0 spiro atoms. The lowest BCUT2D eigenvalue weighted by molar-refractivity contribution is -0.0596. The van der Waals surface area contributed by atoms with Crippen molar-refractivity contribution in [3.05, 3.63) is 11.9 Å². The van der Waals surface area contributed by atoms with Gasteiger partial charge in [-0.1, -0.05) is 12.1 Å². The molecule has 5 rings (SSSR count). The Morgan fingerprint density at radius 3 is 2.48 bits per heavy atom. The molecule has 0 amide bonds. The molecule has 0 unspecified atom stereocenters. The Kier molecular flexibility index (Phi) is 3.52. The molecule has 0 aliphatic heterocycles. The second-order valence-corrected chi connectivity index (χ2v) is 7.92. The van der Waals surface area contributed by atoms with Gasteiger partial charge in [0.25, 0.3) is 0 Å². The van der Waals surface area contributed by atoms with E-state index in [0.717, 1.165) is 43.1 Å². The summed E-state index contributed by atoms with van der Waals surface area (Å²) in [7, 11) is 0. The summed E-state index contributed by atoms with van der Waals surface area (Å²) in [5.74, 6) is 3.16. The van der Waals surface area contributed by atoms with Crippen LogP contribution in [0.3, 0.4) is 0 Å². The van der Waals surface area contributed by atoms with Crippen LogP contribution in [-0.2, 0) is 13.1 Å². The van der Waals surface area contributed by atoms with Gasteiger partial charge in [0.1, 0.15) is 0 Å². The van der Waals surface area contributed by atoms with Crippen LogP contribution in [0, 0.1) is 23.2 Å². The van der Waals surface area contributed by atoms with Crippen LogP contribution in [0.25, 0.3) is 0 Å². The molecule has 1 aromatic heterocycles. The van der Waals surface area contributed by atoms with Crippen molar-refractivity contribution < 1.29 is 0 Å². The van der Waals surface area contributed by atoms with Crippen molar-refractivity contribution in [3.63, 3.8) is 0 Å². The van der Waals surface area contributed by atoms with Crippen LogP contribution in [-0.4, -0.2) is 21.5 Å². The van der Waals surface area contributed by atoms with E-state index in [1.807, 2.05) is 0 Å². The van der Waals surface area contributed by atoms with Crippen molar-refractivity contribution in [2.75, 3.05) is 6.54 Å². The number of hydrogen-bond acceptors (Lipinski definition) is 3. The molecule has 4 saturated carbocycles. The second kappa shape index (κ2) is 5.38. The fourth-order valence-corrected chi connectivity index (χ4v) is 5.73. The van der Waals surface area contributed by atoms with E-state index in [4.69, 9.17) is 0 Å². The first-order chi connectivity index (χ1) is 10.2. The average molecular weight is 288 g/mol. The third-order valence-corrected chi connectivity index (χ3v) is 6.18. The molecule has 1 aromatic rings. The second-order valence-electron chi connectivity index (χ2n) is 7.92. The van der Waals surface area contributed by atoms with Gasteiger partial charge in [0.2, 0.25) is 0 Å². The average Bonchev–Trinajstić information content (AvgIpc) is 2.90. The van der Waals surface area contributed by atoms with Crippen molar-refractivity contribution in [3.8, 4) is 0 Å². The number of hydrogen-bond donors (Lipinski definition) is 1. The molecule has 4 nitrogen and oxygen atoms in total. The van der Waals surface area contributed by atoms with Crippen LogP contribution in [0.4, 0.5) is 0 Å². The molecule has 4 fully saturated rings.